The molecule has 8 heavy (non-hydrogen) atoms. The summed E-state index contributed by atoms with van der Waals surface area (Å²) in [6.45, 7) is 0. The van der Waals surface area contributed by atoms with Crippen LogP contribution in [0.25, 0.3) is 0 Å². The lowest BCUT2D eigenvalue weighted by Crippen LogP contribution is -2.00. The molecule has 2 radical (unpaired) electrons. The number of allylic oxidation sites excluding steroid dienone is 1. The molecule has 0 saturated heterocycles. The number of ketones is 1. The van der Waals surface area contributed by atoms with E-state index in [4.69, 9.17) is 5.73 Å². The number of rotatable bonds is 0. The van der Waals surface area contributed by atoms with Gasteiger partial charge in [0, 0.05) is 18.7 Å². The summed E-state index contributed by atoms with van der Waals surface area (Å²) in [7, 11) is 0. The highest BCUT2D eigenvalue weighted by atomic mass is 16.1. The van der Waals surface area contributed by atoms with Crippen LogP contribution in [0.2, 0.25) is 0 Å². The van der Waals surface area contributed by atoms with Gasteiger partial charge < -0.3 is 0 Å². The number of hydrogen-bond acceptors (Lipinski definition) is 2. The van der Waals surface area contributed by atoms with E-state index in [0.29, 0.717) is 6.42 Å². The van der Waals surface area contributed by atoms with E-state index in [1.807, 2.05) is 0 Å². The lowest BCUT2D eigenvalue weighted by Gasteiger charge is -1.93. The third kappa shape index (κ3) is 0.932. The van der Waals surface area contributed by atoms with Crippen LogP contribution >= 0.6 is 0 Å². The van der Waals surface area contributed by atoms with E-state index in [1.165, 1.54) is 6.21 Å². The second kappa shape index (κ2) is 1.78. The summed E-state index contributed by atoms with van der Waals surface area (Å²) in [4.78, 5) is 13.8. The summed E-state index contributed by atoms with van der Waals surface area (Å²) in [5.41, 5.74) is 8.52. The zero-order chi connectivity index (χ0) is 5.98. The largest absolute Gasteiger partial charge is 0.294 e. The van der Waals surface area contributed by atoms with Gasteiger partial charge in [-0.1, -0.05) is 0 Å². The molecule has 3 heteroatoms. The molecule has 0 amide bonds. The lowest BCUT2D eigenvalue weighted by atomic mass is 10.2. The maximum absolute atomic E-state index is 10.3. The standard InChI is InChI=1S/C5H4N2O/c6-5-3-4(8)1-2-7-5/h2-3H,1H2. The Morgan fingerprint density at radius 1 is 1.75 bits per heavy atom. The smallest absolute Gasteiger partial charge is 0.177 e. The summed E-state index contributed by atoms with van der Waals surface area (Å²) in [5.74, 6) is -0.293. The van der Waals surface area contributed by atoms with E-state index >= 15 is 0 Å². The molecule has 0 aromatic rings. The predicted octanol–water partition coefficient (Wildman–Crippen LogP) is -0.0599. The van der Waals surface area contributed by atoms with Gasteiger partial charge in [0.15, 0.2) is 11.6 Å². The molecule has 1 aliphatic heterocycles. The van der Waals surface area contributed by atoms with Crippen molar-refractivity contribution in [2.45, 2.75) is 6.42 Å². The zero-order valence-corrected chi connectivity index (χ0v) is 4.16. The van der Waals surface area contributed by atoms with Crippen molar-refractivity contribution >= 4 is 12.0 Å². The van der Waals surface area contributed by atoms with Gasteiger partial charge in [-0.3, -0.25) is 4.79 Å². The predicted molar refractivity (Wildman–Crippen MR) is 28.3 cm³/mol. The van der Waals surface area contributed by atoms with Crippen molar-refractivity contribution in [2.75, 3.05) is 0 Å². The maximum Gasteiger partial charge on any atom is 0.177 e. The normalized spacial score (nSPS) is 18.5. The summed E-state index contributed by atoms with van der Waals surface area (Å²) in [5, 5.41) is 0. The molecule has 40 valence electrons. The van der Waals surface area contributed by atoms with Crippen molar-refractivity contribution < 1.29 is 4.79 Å². The van der Waals surface area contributed by atoms with Crippen LogP contribution in [0.5, 0.6) is 0 Å². The fourth-order valence-electron chi connectivity index (χ4n) is 0.469. The second-order valence-corrected chi connectivity index (χ2v) is 1.48. The molecule has 0 fully saturated rings. The third-order valence-electron chi connectivity index (χ3n) is 0.806. The molecular formula is C5H4N2O. The molecule has 0 aliphatic carbocycles. The van der Waals surface area contributed by atoms with Gasteiger partial charge in [0.2, 0.25) is 0 Å². The Kier molecular flexibility index (Phi) is 1.12. The van der Waals surface area contributed by atoms with Gasteiger partial charge in [-0.25, -0.2) is 4.99 Å². The van der Waals surface area contributed by atoms with Gasteiger partial charge in [-0.15, -0.1) is 5.73 Å². The summed E-state index contributed by atoms with van der Waals surface area (Å²) < 4.78 is 0. The topological polar surface area (TPSA) is 51.7 Å². The van der Waals surface area contributed by atoms with E-state index in [-0.39, 0.29) is 11.6 Å². The Hall–Kier alpha value is -1.12. The fraction of sp³-hybridized carbons (Fsp3) is 0.200. The van der Waals surface area contributed by atoms with Crippen molar-refractivity contribution in [3.63, 3.8) is 0 Å². The Bertz CT molecular complexity index is 169. The van der Waals surface area contributed by atoms with Crippen LogP contribution < -0.4 is 5.73 Å². The second-order valence-electron chi connectivity index (χ2n) is 1.48. The Labute approximate surface area is 46.9 Å². The van der Waals surface area contributed by atoms with Gasteiger partial charge in [-0.05, 0) is 0 Å². The van der Waals surface area contributed by atoms with Crippen molar-refractivity contribution in [3.8, 4) is 0 Å². The lowest BCUT2D eigenvalue weighted by molar-refractivity contribution is -0.113. The molecule has 0 spiro atoms. The number of nitrogens with zero attached hydrogens (tertiary/aromatic N) is 2. The van der Waals surface area contributed by atoms with Crippen LogP contribution in [-0.4, -0.2) is 12.0 Å². The number of hydrogen-bond donors (Lipinski definition) is 0. The van der Waals surface area contributed by atoms with Gasteiger partial charge >= 0.3 is 0 Å². The Morgan fingerprint density at radius 3 is 2.88 bits per heavy atom. The van der Waals surface area contributed by atoms with Crippen LogP contribution in [0.3, 0.4) is 0 Å². The maximum atomic E-state index is 10.3. The van der Waals surface area contributed by atoms with E-state index in [1.54, 1.807) is 0 Å². The Balaban J connectivity index is 2.77. The number of aliphatic imine (C=N–C) groups is 1. The van der Waals surface area contributed by atoms with Crippen molar-refractivity contribution in [2.24, 2.45) is 4.99 Å². The molecule has 0 saturated carbocycles. The first-order chi connectivity index (χ1) is 3.79. The molecule has 1 heterocycles. The SMILES string of the molecule is [N]C1=CC(=O)CC=N1. The molecule has 0 atom stereocenters. The van der Waals surface area contributed by atoms with Crippen molar-refractivity contribution in [1.82, 2.24) is 5.73 Å². The van der Waals surface area contributed by atoms with E-state index in [0.717, 1.165) is 6.08 Å². The van der Waals surface area contributed by atoms with Crippen LogP contribution in [-0.2, 0) is 4.79 Å². The molecule has 1 rings (SSSR count). The summed E-state index contributed by atoms with van der Waals surface area (Å²) in [6.07, 6.45) is 2.81. The van der Waals surface area contributed by atoms with Gasteiger partial charge in [0.05, 0.1) is 0 Å². The molecule has 0 N–H and O–H groups in total. The monoisotopic (exact) mass is 108 g/mol. The minimum absolute atomic E-state index is 0.0995. The van der Waals surface area contributed by atoms with Crippen LogP contribution in [0.1, 0.15) is 6.42 Å². The highest BCUT2D eigenvalue weighted by Gasteiger charge is 2.01. The average Bonchev–Trinajstić information content (AvgIpc) is 1.64. The minimum Gasteiger partial charge on any atom is -0.294 e. The van der Waals surface area contributed by atoms with Crippen LogP contribution in [0.15, 0.2) is 16.9 Å². The van der Waals surface area contributed by atoms with E-state index in [9.17, 15) is 4.79 Å². The molecule has 3 nitrogen and oxygen atoms in total. The first-order valence-electron chi connectivity index (χ1n) is 2.25. The molecule has 0 aromatic carbocycles. The fourth-order valence-corrected chi connectivity index (χ4v) is 0.469. The summed E-state index contributed by atoms with van der Waals surface area (Å²) >= 11 is 0. The third-order valence-corrected chi connectivity index (χ3v) is 0.806. The molecule has 0 bridgehead atoms. The van der Waals surface area contributed by atoms with E-state index < -0.39 is 0 Å². The first-order valence-corrected chi connectivity index (χ1v) is 2.25. The minimum atomic E-state index is -0.193. The van der Waals surface area contributed by atoms with Gasteiger partial charge in [0.1, 0.15) is 0 Å². The first kappa shape index (κ1) is 5.03. The quantitative estimate of drug-likeness (QED) is 0.429. The number of carbonyl (C=O) groups is 1. The average molecular weight is 108 g/mol. The molecule has 0 aromatic heterocycles. The van der Waals surface area contributed by atoms with Crippen LogP contribution in [0.4, 0.5) is 0 Å². The summed E-state index contributed by atoms with van der Waals surface area (Å²) in [6, 6.07) is 0. The van der Waals surface area contributed by atoms with Gasteiger partial charge in [-0.2, -0.15) is 0 Å². The molecular weight excluding hydrogens is 104 g/mol. The molecule has 0 unspecified atom stereocenters. The Morgan fingerprint density at radius 2 is 2.50 bits per heavy atom. The van der Waals surface area contributed by atoms with E-state index in [2.05, 4.69) is 4.99 Å². The highest BCUT2D eigenvalue weighted by Crippen LogP contribution is 1.96. The molecule has 1 aliphatic rings. The van der Waals surface area contributed by atoms with Gasteiger partial charge in [0.25, 0.3) is 0 Å². The highest BCUT2D eigenvalue weighted by molar-refractivity contribution is 6.01. The van der Waals surface area contributed by atoms with Crippen LogP contribution in [0, 0.1) is 0 Å². The van der Waals surface area contributed by atoms with Crippen molar-refractivity contribution in [3.05, 3.63) is 11.9 Å². The van der Waals surface area contributed by atoms with Crippen molar-refractivity contribution in [1.29, 1.82) is 0 Å². The number of carbonyl (C=O) groups excluding carboxylic acids is 1. The zero-order valence-electron chi connectivity index (χ0n) is 4.16.